The molecule has 1 aliphatic rings. The number of pyridine rings is 1. The molecular weight excluding hydrogens is 459 g/mol. The Balaban J connectivity index is 1.43. The van der Waals surface area contributed by atoms with Gasteiger partial charge in [-0.15, -0.1) is 0 Å². The van der Waals surface area contributed by atoms with Crippen LogP contribution in [0.1, 0.15) is 18.4 Å². The van der Waals surface area contributed by atoms with Crippen LogP contribution in [0.4, 0.5) is 10.2 Å². The predicted octanol–water partition coefficient (Wildman–Crippen LogP) is 4.72. The highest BCUT2D eigenvalue weighted by Gasteiger charge is 2.25. The zero-order valence-corrected chi connectivity index (χ0v) is 20.0. The minimum atomic E-state index is -0.725. The SMILES string of the molecule is Cc1cccc2c(-c3cc(F)cc4nn(C)cc34)nn(-c3ccc(N4CCC(C(=O)O)CC4)nc3)c12. The number of carboxylic acids is 1. The number of benzene rings is 2. The van der Waals surface area contributed by atoms with E-state index < -0.39 is 5.97 Å². The van der Waals surface area contributed by atoms with Gasteiger partial charge in [0, 0.05) is 48.7 Å². The Kier molecular flexibility index (Phi) is 5.21. The molecule has 0 amide bonds. The van der Waals surface area contributed by atoms with E-state index in [1.165, 1.54) is 12.1 Å². The topological polar surface area (TPSA) is 89.1 Å². The van der Waals surface area contributed by atoms with Gasteiger partial charge >= 0.3 is 5.97 Å². The molecule has 1 aliphatic heterocycles. The molecule has 182 valence electrons. The van der Waals surface area contributed by atoms with Crippen molar-refractivity contribution in [1.29, 1.82) is 0 Å². The lowest BCUT2D eigenvalue weighted by Gasteiger charge is -2.31. The number of hydrogen-bond acceptors (Lipinski definition) is 5. The molecule has 0 unspecified atom stereocenters. The van der Waals surface area contributed by atoms with Crippen LogP contribution in [-0.2, 0) is 11.8 Å². The minimum absolute atomic E-state index is 0.286. The van der Waals surface area contributed by atoms with Crippen molar-refractivity contribution in [1.82, 2.24) is 24.5 Å². The summed E-state index contributed by atoms with van der Waals surface area (Å²) in [4.78, 5) is 18.1. The average molecular weight is 485 g/mol. The molecule has 1 fully saturated rings. The van der Waals surface area contributed by atoms with Crippen molar-refractivity contribution in [2.75, 3.05) is 18.0 Å². The number of halogens is 1. The predicted molar refractivity (Wildman–Crippen MR) is 136 cm³/mol. The molecule has 3 aromatic heterocycles. The number of carboxylic acid groups (broad SMARTS) is 1. The normalized spacial score (nSPS) is 14.7. The molecule has 36 heavy (non-hydrogen) atoms. The summed E-state index contributed by atoms with van der Waals surface area (Å²) < 4.78 is 18.1. The third-order valence-corrected chi connectivity index (χ3v) is 7.01. The van der Waals surface area contributed by atoms with Crippen LogP contribution in [0.25, 0.3) is 38.8 Å². The molecule has 1 N–H and O–H groups in total. The number of hydrogen-bond donors (Lipinski definition) is 1. The molecular formula is C27H25FN6O2. The van der Waals surface area contributed by atoms with Crippen LogP contribution < -0.4 is 4.90 Å². The summed E-state index contributed by atoms with van der Waals surface area (Å²) in [5.41, 5.74) is 4.74. The van der Waals surface area contributed by atoms with Crippen molar-refractivity contribution in [3.8, 4) is 16.9 Å². The third kappa shape index (κ3) is 3.67. The van der Waals surface area contributed by atoms with Gasteiger partial charge in [-0.25, -0.2) is 14.1 Å². The summed E-state index contributed by atoms with van der Waals surface area (Å²) in [5.74, 6) is -0.551. The second-order valence-corrected chi connectivity index (χ2v) is 9.39. The molecule has 6 rings (SSSR count). The maximum atomic E-state index is 14.6. The first-order valence-corrected chi connectivity index (χ1v) is 11.9. The number of aromatic nitrogens is 5. The quantitative estimate of drug-likeness (QED) is 0.397. The van der Waals surface area contributed by atoms with Gasteiger partial charge in [-0.05, 0) is 43.5 Å². The zero-order valence-electron chi connectivity index (χ0n) is 20.0. The number of aryl methyl sites for hydroxylation is 2. The van der Waals surface area contributed by atoms with Crippen LogP contribution in [-0.4, -0.2) is 48.7 Å². The van der Waals surface area contributed by atoms with E-state index in [2.05, 4.69) is 15.0 Å². The first-order chi connectivity index (χ1) is 17.4. The summed E-state index contributed by atoms with van der Waals surface area (Å²) in [7, 11) is 1.82. The van der Waals surface area contributed by atoms with Crippen LogP contribution in [0, 0.1) is 18.7 Å². The van der Waals surface area contributed by atoms with Crippen LogP contribution in [0.5, 0.6) is 0 Å². The van der Waals surface area contributed by atoms with Crippen molar-refractivity contribution in [3.05, 3.63) is 66.2 Å². The van der Waals surface area contributed by atoms with Crippen molar-refractivity contribution in [2.24, 2.45) is 13.0 Å². The Bertz CT molecular complexity index is 1610. The molecule has 0 saturated carbocycles. The van der Waals surface area contributed by atoms with Gasteiger partial charge in [0.05, 0.1) is 28.8 Å². The van der Waals surface area contributed by atoms with Crippen molar-refractivity contribution in [2.45, 2.75) is 19.8 Å². The first-order valence-electron chi connectivity index (χ1n) is 11.9. The van der Waals surface area contributed by atoms with Gasteiger partial charge < -0.3 is 10.0 Å². The summed E-state index contributed by atoms with van der Waals surface area (Å²) in [6.07, 6.45) is 4.89. The van der Waals surface area contributed by atoms with Gasteiger partial charge in [-0.3, -0.25) is 9.48 Å². The van der Waals surface area contributed by atoms with Gasteiger partial charge in [0.1, 0.15) is 17.3 Å². The number of piperidine rings is 1. The summed E-state index contributed by atoms with van der Waals surface area (Å²) in [6, 6.07) is 12.9. The molecule has 1 saturated heterocycles. The largest absolute Gasteiger partial charge is 0.481 e. The lowest BCUT2D eigenvalue weighted by atomic mass is 9.97. The number of aliphatic carboxylic acids is 1. The molecule has 0 radical (unpaired) electrons. The minimum Gasteiger partial charge on any atom is -0.481 e. The van der Waals surface area contributed by atoms with Gasteiger partial charge in [0.15, 0.2) is 0 Å². The summed E-state index contributed by atoms with van der Waals surface area (Å²) >= 11 is 0. The second-order valence-electron chi connectivity index (χ2n) is 9.39. The lowest BCUT2D eigenvalue weighted by molar-refractivity contribution is -0.142. The Hall–Kier alpha value is -4.27. The number of fused-ring (bicyclic) bond motifs is 2. The summed E-state index contributed by atoms with van der Waals surface area (Å²) in [6.45, 7) is 3.36. The van der Waals surface area contributed by atoms with E-state index in [1.807, 2.05) is 55.2 Å². The molecule has 0 atom stereocenters. The van der Waals surface area contributed by atoms with Crippen LogP contribution in [0.3, 0.4) is 0 Å². The molecule has 9 heteroatoms. The Morgan fingerprint density at radius 3 is 2.61 bits per heavy atom. The number of rotatable bonds is 4. The van der Waals surface area contributed by atoms with Gasteiger partial charge in [-0.2, -0.15) is 10.2 Å². The highest BCUT2D eigenvalue weighted by atomic mass is 19.1. The van der Waals surface area contributed by atoms with Gasteiger partial charge in [-0.1, -0.05) is 18.2 Å². The average Bonchev–Trinajstić information content (AvgIpc) is 3.44. The molecule has 2 aromatic carbocycles. The van der Waals surface area contributed by atoms with E-state index in [0.29, 0.717) is 42.7 Å². The fourth-order valence-corrected chi connectivity index (χ4v) is 5.17. The fraction of sp³-hybridized carbons (Fsp3) is 0.259. The lowest BCUT2D eigenvalue weighted by Crippen LogP contribution is -2.36. The van der Waals surface area contributed by atoms with Crippen molar-refractivity contribution >= 4 is 33.6 Å². The summed E-state index contributed by atoms with van der Waals surface area (Å²) in [5, 5.41) is 20.4. The van der Waals surface area contributed by atoms with Gasteiger partial charge in [0.25, 0.3) is 0 Å². The molecule has 4 heterocycles. The Morgan fingerprint density at radius 2 is 1.89 bits per heavy atom. The third-order valence-electron chi connectivity index (χ3n) is 7.01. The Labute approximate surface area is 206 Å². The highest BCUT2D eigenvalue weighted by molar-refractivity contribution is 6.03. The monoisotopic (exact) mass is 484 g/mol. The second kappa shape index (κ2) is 8.44. The standard InChI is InChI=1S/C27H25FN6O2/c1-16-4-3-5-20-25(21-12-18(28)13-23-22(21)15-32(2)30-23)31-34(26(16)20)19-6-7-24(29-14-19)33-10-8-17(9-11-33)27(35)36/h3-7,12-15,17H,8-11H2,1-2H3,(H,35,36). The van der Waals surface area contributed by atoms with Crippen LogP contribution >= 0.6 is 0 Å². The van der Waals surface area contributed by atoms with E-state index in [4.69, 9.17) is 5.10 Å². The number of nitrogens with zero attached hydrogens (tertiary/aromatic N) is 6. The first kappa shape index (κ1) is 22.2. The number of carbonyl (C=O) groups is 1. The fourth-order valence-electron chi connectivity index (χ4n) is 5.17. The van der Waals surface area contributed by atoms with E-state index in [-0.39, 0.29) is 11.7 Å². The Morgan fingerprint density at radius 1 is 1.08 bits per heavy atom. The molecule has 8 nitrogen and oxygen atoms in total. The van der Waals surface area contributed by atoms with E-state index >= 15 is 0 Å². The van der Waals surface area contributed by atoms with E-state index in [1.54, 1.807) is 10.9 Å². The number of anilines is 1. The molecule has 0 spiro atoms. The molecule has 0 aliphatic carbocycles. The molecule has 5 aromatic rings. The highest BCUT2D eigenvalue weighted by Crippen LogP contribution is 2.36. The zero-order chi connectivity index (χ0) is 25.0. The van der Waals surface area contributed by atoms with E-state index in [0.717, 1.165) is 33.4 Å². The smallest absolute Gasteiger partial charge is 0.306 e. The van der Waals surface area contributed by atoms with Crippen LogP contribution in [0.2, 0.25) is 0 Å². The number of para-hydroxylation sites is 1. The maximum Gasteiger partial charge on any atom is 0.306 e. The van der Waals surface area contributed by atoms with Crippen LogP contribution in [0.15, 0.2) is 54.9 Å². The van der Waals surface area contributed by atoms with E-state index in [9.17, 15) is 14.3 Å². The van der Waals surface area contributed by atoms with Crippen molar-refractivity contribution in [3.63, 3.8) is 0 Å². The van der Waals surface area contributed by atoms with Gasteiger partial charge in [0.2, 0.25) is 0 Å². The molecule has 0 bridgehead atoms. The maximum absolute atomic E-state index is 14.6. The van der Waals surface area contributed by atoms with Crippen molar-refractivity contribution < 1.29 is 14.3 Å².